The first-order chi connectivity index (χ1) is 8.13. The van der Waals surface area contributed by atoms with Gasteiger partial charge >= 0.3 is 0 Å². The minimum Gasteiger partial charge on any atom is -0.409 e. The number of hydrogen-bond donors (Lipinski definition) is 4. The van der Waals surface area contributed by atoms with Crippen molar-refractivity contribution in [3.8, 4) is 0 Å². The number of H-pyrrole nitrogens is 1. The summed E-state index contributed by atoms with van der Waals surface area (Å²) in [6, 6.07) is 0. The standard InChI is InChI=1S/C10H15N5O2/c1-5(6-2-3-6)10(16)13-9-7(4-12-14-9)8(11)15-17/h4-6,17H,2-3H2,1H3,(H2,11,15)(H2,12,13,14,16). The van der Waals surface area contributed by atoms with Crippen LogP contribution < -0.4 is 11.1 Å². The molecule has 1 heterocycles. The van der Waals surface area contributed by atoms with E-state index < -0.39 is 0 Å². The van der Waals surface area contributed by atoms with Crippen molar-refractivity contribution in [2.75, 3.05) is 5.32 Å². The number of rotatable bonds is 4. The van der Waals surface area contributed by atoms with Crippen LogP contribution in [0.1, 0.15) is 25.3 Å². The number of hydrogen-bond acceptors (Lipinski definition) is 4. The lowest BCUT2D eigenvalue weighted by atomic mass is 10.1. The summed E-state index contributed by atoms with van der Waals surface area (Å²) >= 11 is 0. The molecule has 0 spiro atoms. The Labute approximate surface area is 98.1 Å². The zero-order valence-corrected chi connectivity index (χ0v) is 9.47. The Hall–Kier alpha value is -2.05. The van der Waals surface area contributed by atoms with E-state index in [1.165, 1.54) is 6.20 Å². The Bertz CT molecular complexity index is 449. The number of amides is 1. The predicted octanol–water partition coefficient (Wildman–Crippen LogP) is 0.489. The van der Waals surface area contributed by atoms with Crippen LogP contribution in [0.3, 0.4) is 0 Å². The van der Waals surface area contributed by atoms with Crippen molar-refractivity contribution in [1.82, 2.24) is 10.2 Å². The highest BCUT2D eigenvalue weighted by Crippen LogP contribution is 2.37. The molecule has 17 heavy (non-hydrogen) atoms. The molecule has 1 aromatic rings. The number of anilines is 1. The summed E-state index contributed by atoms with van der Waals surface area (Å²) in [5.74, 6) is 0.637. The molecule has 1 aliphatic rings. The molecule has 0 radical (unpaired) electrons. The minimum absolute atomic E-state index is 0.0292. The molecule has 7 nitrogen and oxygen atoms in total. The summed E-state index contributed by atoms with van der Waals surface area (Å²) in [4.78, 5) is 11.9. The van der Waals surface area contributed by atoms with E-state index in [-0.39, 0.29) is 17.7 Å². The molecule has 0 bridgehead atoms. The summed E-state index contributed by atoms with van der Waals surface area (Å²) in [7, 11) is 0. The van der Waals surface area contributed by atoms with Crippen LogP contribution in [-0.4, -0.2) is 27.1 Å². The molecule has 92 valence electrons. The summed E-state index contributed by atoms with van der Waals surface area (Å²) in [5.41, 5.74) is 5.83. The molecular weight excluding hydrogens is 222 g/mol. The van der Waals surface area contributed by atoms with Gasteiger partial charge in [-0.1, -0.05) is 12.1 Å². The molecule has 1 aromatic heterocycles. The lowest BCUT2D eigenvalue weighted by molar-refractivity contribution is -0.119. The SMILES string of the molecule is CC(C(=O)Nc1[nH]ncc1C(N)=NO)C1CC1. The van der Waals surface area contributed by atoms with Gasteiger partial charge in [-0.25, -0.2) is 0 Å². The Kier molecular flexibility index (Phi) is 2.99. The fraction of sp³-hybridized carbons (Fsp3) is 0.500. The Balaban J connectivity index is 2.08. The summed E-state index contributed by atoms with van der Waals surface area (Å²) < 4.78 is 0. The Morgan fingerprint density at radius 1 is 1.76 bits per heavy atom. The molecule has 7 heteroatoms. The lowest BCUT2D eigenvalue weighted by Gasteiger charge is -2.10. The van der Waals surface area contributed by atoms with Crippen LogP contribution in [0.5, 0.6) is 0 Å². The largest absolute Gasteiger partial charge is 0.409 e. The smallest absolute Gasteiger partial charge is 0.228 e. The number of nitrogens with one attached hydrogen (secondary N) is 2. The second-order valence-electron chi connectivity index (χ2n) is 4.26. The van der Waals surface area contributed by atoms with Gasteiger partial charge in [0.2, 0.25) is 5.91 Å². The van der Waals surface area contributed by atoms with Crippen molar-refractivity contribution < 1.29 is 10.0 Å². The van der Waals surface area contributed by atoms with Crippen LogP contribution in [0, 0.1) is 11.8 Å². The van der Waals surface area contributed by atoms with Crippen LogP contribution in [-0.2, 0) is 4.79 Å². The zero-order valence-electron chi connectivity index (χ0n) is 9.47. The number of nitrogens with two attached hydrogens (primary N) is 1. The van der Waals surface area contributed by atoms with Crippen LogP contribution in [0.2, 0.25) is 0 Å². The van der Waals surface area contributed by atoms with E-state index in [0.717, 1.165) is 12.8 Å². The van der Waals surface area contributed by atoms with Crippen LogP contribution >= 0.6 is 0 Å². The third kappa shape index (κ3) is 2.38. The average molecular weight is 237 g/mol. The number of aromatic nitrogens is 2. The van der Waals surface area contributed by atoms with Gasteiger partial charge in [-0.05, 0) is 18.8 Å². The third-order valence-electron chi connectivity index (χ3n) is 3.01. The van der Waals surface area contributed by atoms with Gasteiger partial charge in [0.05, 0.1) is 11.8 Å². The summed E-state index contributed by atoms with van der Waals surface area (Å²) in [6.45, 7) is 1.90. The van der Waals surface area contributed by atoms with Gasteiger partial charge in [-0.2, -0.15) is 5.10 Å². The maximum absolute atomic E-state index is 11.9. The van der Waals surface area contributed by atoms with E-state index in [4.69, 9.17) is 10.9 Å². The van der Waals surface area contributed by atoms with Crippen molar-refractivity contribution >= 4 is 17.6 Å². The molecule has 0 saturated heterocycles. The first kappa shape index (κ1) is 11.4. The highest BCUT2D eigenvalue weighted by atomic mass is 16.4. The van der Waals surface area contributed by atoms with E-state index in [1.54, 1.807) is 0 Å². The zero-order chi connectivity index (χ0) is 12.4. The van der Waals surface area contributed by atoms with E-state index in [0.29, 0.717) is 17.3 Å². The highest BCUT2D eigenvalue weighted by Gasteiger charge is 2.33. The van der Waals surface area contributed by atoms with Crippen molar-refractivity contribution in [2.24, 2.45) is 22.7 Å². The molecular formula is C10H15N5O2. The second-order valence-corrected chi connectivity index (χ2v) is 4.26. The summed E-state index contributed by atoms with van der Waals surface area (Å²) in [5, 5.41) is 20.5. The number of oxime groups is 1. The van der Waals surface area contributed by atoms with E-state index >= 15 is 0 Å². The average Bonchev–Trinajstić information content (AvgIpc) is 3.08. The lowest BCUT2D eigenvalue weighted by Crippen LogP contribution is -2.24. The first-order valence-corrected chi connectivity index (χ1v) is 5.45. The Morgan fingerprint density at radius 2 is 2.47 bits per heavy atom. The number of carbonyl (C=O) groups is 1. The van der Waals surface area contributed by atoms with Crippen molar-refractivity contribution in [1.29, 1.82) is 0 Å². The molecule has 0 aromatic carbocycles. The van der Waals surface area contributed by atoms with Crippen molar-refractivity contribution in [3.63, 3.8) is 0 Å². The molecule has 2 rings (SSSR count). The maximum Gasteiger partial charge on any atom is 0.228 e. The van der Waals surface area contributed by atoms with E-state index in [9.17, 15) is 4.79 Å². The van der Waals surface area contributed by atoms with Crippen LogP contribution in [0.4, 0.5) is 5.82 Å². The molecule has 1 atom stereocenters. The summed E-state index contributed by atoms with van der Waals surface area (Å²) in [6.07, 6.45) is 3.60. The van der Waals surface area contributed by atoms with Crippen LogP contribution in [0.15, 0.2) is 11.4 Å². The Morgan fingerprint density at radius 3 is 3.06 bits per heavy atom. The molecule has 1 fully saturated rings. The van der Waals surface area contributed by atoms with Gasteiger partial charge in [-0.15, -0.1) is 0 Å². The fourth-order valence-corrected chi connectivity index (χ4v) is 1.68. The van der Waals surface area contributed by atoms with Gasteiger partial charge in [0, 0.05) is 5.92 Å². The van der Waals surface area contributed by atoms with Crippen LogP contribution in [0.25, 0.3) is 0 Å². The molecule has 1 aliphatic carbocycles. The second kappa shape index (κ2) is 4.44. The van der Waals surface area contributed by atoms with E-state index in [2.05, 4.69) is 20.7 Å². The molecule has 0 aliphatic heterocycles. The van der Waals surface area contributed by atoms with Crippen molar-refractivity contribution in [2.45, 2.75) is 19.8 Å². The third-order valence-corrected chi connectivity index (χ3v) is 3.01. The topological polar surface area (TPSA) is 116 Å². The molecule has 5 N–H and O–H groups in total. The highest BCUT2D eigenvalue weighted by molar-refractivity contribution is 6.04. The van der Waals surface area contributed by atoms with Crippen molar-refractivity contribution in [3.05, 3.63) is 11.8 Å². The quantitative estimate of drug-likeness (QED) is 0.264. The van der Waals surface area contributed by atoms with Gasteiger partial charge in [0.25, 0.3) is 0 Å². The van der Waals surface area contributed by atoms with E-state index in [1.807, 2.05) is 6.92 Å². The number of nitrogens with zero attached hydrogens (tertiary/aromatic N) is 2. The maximum atomic E-state index is 11.9. The number of aromatic amines is 1. The van der Waals surface area contributed by atoms with Gasteiger partial charge in [0.15, 0.2) is 5.84 Å². The fourth-order valence-electron chi connectivity index (χ4n) is 1.68. The number of carbonyl (C=O) groups excluding carboxylic acids is 1. The minimum atomic E-state index is -0.0897. The first-order valence-electron chi connectivity index (χ1n) is 5.45. The molecule has 1 unspecified atom stereocenters. The number of amidine groups is 1. The predicted molar refractivity (Wildman–Crippen MR) is 61.6 cm³/mol. The normalized spacial score (nSPS) is 17.8. The van der Waals surface area contributed by atoms with Gasteiger partial charge < -0.3 is 16.3 Å². The van der Waals surface area contributed by atoms with Gasteiger partial charge in [0.1, 0.15) is 5.82 Å². The van der Waals surface area contributed by atoms with Gasteiger partial charge in [-0.3, -0.25) is 9.89 Å². The molecule has 1 saturated carbocycles. The monoisotopic (exact) mass is 237 g/mol. The molecule has 1 amide bonds.